The van der Waals surface area contributed by atoms with E-state index in [4.69, 9.17) is 0 Å². The predicted molar refractivity (Wildman–Crippen MR) is 49.0 cm³/mol. The highest BCUT2D eigenvalue weighted by molar-refractivity contribution is 9.10. The summed E-state index contributed by atoms with van der Waals surface area (Å²) in [6, 6.07) is 2.05. The zero-order valence-corrected chi connectivity index (χ0v) is 8.24. The van der Waals surface area contributed by atoms with Gasteiger partial charge in [0.25, 0.3) is 0 Å². The molecule has 58 valence electrons. The maximum absolute atomic E-state index is 11.0. The minimum absolute atomic E-state index is 0.228. The van der Waals surface area contributed by atoms with Gasteiger partial charge < -0.3 is 0 Å². The molecule has 1 aromatic rings. The van der Waals surface area contributed by atoms with Crippen molar-refractivity contribution in [1.82, 2.24) is 0 Å². The van der Waals surface area contributed by atoms with Crippen LogP contribution in [-0.4, -0.2) is 5.78 Å². The van der Waals surface area contributed by atoms with Crippen LogP contribution in [0.5, 0.6) is 0 Å². The molecule has 1 heterocycles. The largest absolute Gasteiger partial charge is 0.299 e. The Bertz CT molecular complexity index is 292. The Morgan fingerprint density at radius 2 is 2.45 bits per heavy atom. The van der Waals surface area contributed by atoms with Crippen molar-refractivity contribution in [3.63, 3.8) is 0 Å². The van der Waals surface area contributed by atoms with E-state index in [-0.39, 0.29) is 5.92 Å². The molecular weight excluding hydrogens is 224 g/mol. The quantitative estimate of drug-likeness (QED) is 0.726. The van der Waals surface area contributed by atoms with Crippen LogP contribution in [0.1, 0.15) is 23.6 Å². The summed E-state index contributed by atoms with van der Waals surface area (Å²) in [5.74, 6) is 0.630. The van der Waals surface area contributed by atoms with E-state index in [1.54, 1.807) is 11.3 Å². The first-order valence-electron chi connectivity index (χ1n) is 3.54. The van der Waals surface area contributed by atoms with Gasteiger partial charge in [0, 0.05) is 21.2 Å². The lowest BCUT2D eigenvalue weighted by Gasteiger charge is -2.21. The van der Waals surface area contributed by atoms with E-state index in [2.05, 4.69) is 15.9 Å². The van der Waals surface area contributed by atoms with E-state index in [0.29, 0.717) is 5.78 Å². The minimum atomic E-state index is 0.228. The molecule has 11 heavy (non-hydrogen) atoms. The molecule has 0 saturated heterocycles. The molecule has 1 atom stereocenters. The molecule has 2 rings (SSSR count). The van der Waals surface area contributed by atoms with Crippen molar-refractivity contribution in [3.05, 3.63) is 20.8 Å². The first kappa shape index (κ1) is 7.50. The van der Waals surface area contributed by atoms with Crippen LogP contribution >= 0.6 is 27.3 Å². The predicted octanol–water partition coefficient (Wildman–Crippen LogP) is 2.96. The van der Waals surface area contributed by atoms with Crippen LogP contribution in [-0.2, 0) is 4.79 Å². The van der Waals surface area contributed by atoms with E-state index in [1.165, 1.54) is 4.88 Å². The lowest BCUT2D eigenvalue weighted by atomic mass is 9.83. The van der Waals surface area contributed by atoms with Gasteiger partial charge in [-0.05, 0) is 28.4 Å². The minimum Gasteiger partial charge on any atom is -0.299 e. The van der Waals surface area contributed by atoms with Crippen LogP contribution < -0.4 is 0 Å². The highest BCUT2D eigenvalue weighted by atomic mass is 79.9. The molecule has 1 fully saturated rings. The lowest BCUT2D eigenvalue weighted by molar-refractivity contribution is -0.125. The smallest absolute Gasteiger partial charge is 0.141 e. The maximum Gasteiger partial charge on any atom is 0.141 e. The van der Waals surface area contributed by atoms with Gasteiger partial charge in [-0.25, -0.2) is 0 Å². The maximum atomic E-state index is 11.0. The summed E-state index contributed by atoms with van der Waals surface area (Å²) in [5.41, 5.74) is 0. The molecule has 1 aromatic heterocycles. The zero-order chi connectivity index (χ0) is 7.84. The number of halogens is 1. The molecule has 0 bridgehead atoms. The van der Waals surface area contributed by atoms with Gasteiger partial charge in [0.2, 0.25) is 0 Å². The van der Waals surface area contributed by atoms with Crippen molar-refractivity contribution >= 4 is 33.0 Å². The number of carbonyl (C=O) groups is 1. The molecule has 0 spiro atoms. The average molecular weight is 231 g/mol. The summed E-state index contributed by atoms with van der Waals surface area (Å²) < 4.78 is 1.09. The van der Waals surface area contributed by atoms with Crippen molar-refractivity contribution in [2.45, 2.75) is 18.8 Å². The van der Waals surface area contributed by atoms with Gasteiger partial charge in [-0.2, -0.15) is 0 Å². The SMILES string of the molecule is O=C1CCC1c1cc(Br)cs1. The molecule has 0 amide bonds. The summed E-state index contributed by atoms with van der Waals surface area (Å²) in [6.45, 7) is 0. The standard InChI is InChI=1S/C8H7BrOS/c9-5-3-8(11-4-5)6-1-2-7(6)10/h3-4,6H,1-2H2. The number of rotatable bonds is 1. The van der Waals surface area contributed by atoms with Gasteiger partial charge in [0.05, 0.1) is 5.92 Å². The Balaban J connectivity index is 2.23. The summed E-state index contributed by atoms with van der Waals surface area (Å²) in [5, 5.41) is 2.03. The van der Waals surface area contributed by atoms with Gasteiger partial charge in [0.15, 0.2) is 0 Å². The fourth-order valence-corrected chi connectivity index (χ4v) is 2.82. The average Bonchev–Trinajstić information content (AvgIpc) is 2.33. The van der Waals surface area contributed by atoms with Crippen molar-refractivity contribution in [2.24, 2.45) is 0 Å². The fraction of sp³-hybridized carbons (Fsp3) is 0.375. The Labute approximate surface area is 77.6 Å². The molecular formula is C8H7BrOS. The third-order valence-corrected chi connectivity index (χ3v) is 3.81. The van der Waals surface area contributed by atoms with E-state index >= 15 is 0 Å². The molecule has 1 nitrogen and oxygen atoms in total. The molecule has 1 aliphatic rings. The second-order valence-corrected chi connectivity index (χ2v) is 4.58. The van der Waals surface area contributed by atoms with Crippen molar-refractivity contribution in [1.29, 1.82) is 0 Å². The second-order valence-electron chi connectivity index (χ2n) is 2.72. The molecule has 0 aromatic carbocycles. The van der Waals surface area contributed by atoms with Gasteiger partial charge in [-0.3, -0.25) is 4.79 Å². The fourth-order valence-electron chi connectivity index (χ4n) is 1.22. The molecule has 1 unspecified atom stereocenters. The Hall–Kier alpha value is -0.150. The van der Waals surface area contributed by atoms with Crippen molar-refractivity contribution in [3.8, 4) is 0 Å². The molecule has 1 aliphatic carbocycles. The highest BCUT2D eigenvalue weighted by Crippen LogP contribution is 2.37. The summed E-state index contributed by atoms with van der Waals surface area (Å²) in [6.07, 6.45) is 1.83. The van der Waals surface area contributed by atoms with Crippen molar-refractivity contribution in [2.75, 3.05) is 0 Å². The van der Waals surface area contributed by atoms with E-state index in [1.807, 2.05) is 11.4 Å². The Morgan fingerprint density at radius 3 is 2.82 bits per heavy atom. The molecule has 0 radical (unpaired) electrons. The van der Waals surface area contributed by atoms with Crippen molar-refractivity contribution < 1.29 is 4.79 Å². The van der Waals surface area contributed by atoms with E-state index in [9.17, 15) is 4.79 Å². The number of thiophene rings is 1. The lowest BCUT2D eigenvalue weighted by Crippen LogP contribution is -2.21. The Kier molecular flexibility index (Phi) is 1.85. The van der Waals surface area contributed by atoms with Crippen LogP contribution in [0.15, 0.2) is 15.9 Å². The van der Waals surface area contributed by atoms with Gasteiger partial charge in [-0.15, -0.1) is 11.3 Å². The third kappa shape index (κ3) is 1.27. The monoisotopic (exact) mass is 230 g/mol. The molecule has 0 aliphatic heterocycles. The normalized spacial score (nSPS) is 23.4. The van der Waals surface area contributed by atoms with Crippen LogP contribution in [0.3, 0.4) is 0 Å². The summed E-state index contributed by atoms with van der Waals surface area (Å²) in [4.78, 5) is 12.2. The first-order chi connectivity index (χ1) is 5.27. The summed E-state index contributed by atoms with van der Waals surface area (Å²) >= 11 is 5.04. The number of hydrogen-bond acceptors (Lipinski definition) is 2. The molecule has 0 N–H and O–H groups in total. The second kappa shape index (κ2) is 2.72. The summed E-state index contributed by atoms with van der Waals surface area (Å²) in [7, 11) is 0. The number of hydrogen-bond donors (Lipinski definition) is 0. The first-order valence-corrected chi connectivity index (χ1v) is 5.21. The van der Waals surface area contributed by atoms with E-state index < -0.39 is 0 Å². The van der Waals surface area contributed by atoms with Crippen LogP contribution in [0.4, 0.5) is 0 Å². The Morgan fingerprint density at radius 1 is 1.64 bits per heavy atom. The number of ketones is 1. The highest BCUT2D eigenvalue weighted by Gasteiger charge is 2.30. The molecule has 1 saturated carbocycles. The topological polar surface area (TPSA) is 17.1 Å². The van der Waals surface area contributed by atoms with Crippen LogP contribution in [0.25, 0.3) is 0 Å². The van der Waals surface area contributed by atoms with Gasteiger partial charge >= 0.3 is 0 Å². The number of Topliss-reactive ketones (excluding diaryl/α,β-unsaturated/α-hetero) is 1. The number of carbonyl (C=O) groups excluding carboxylic acids is 1. The van der Waals surface area contributed by atoms with E-state index in [0.717, 1.165) is 17.3 Å². The van der Waals surface area contributed by atoms with Crippen LogP contribution in [0, 0.1) is 0 Å². The molecule has 3 heteroatoms. The van der Waals surface area contributed by atoms with Gasteiger partial charge in [-0.1, -0.05) is 0 Å². The zero-order valence-electron chi connectivity index (χ0n) is 5.84. The van der Waals surface area contributed by atoms with Crippen LogP contribution in [0.2, 0.25) is 0 Å². The van der Waals surface area contributed by atoms with Gasteiger partial charge in [0.1, 0.15) is 5.78 Å². The third-order valence-electron chi connectivity index (χ3n) is 2.00.